The van der Waals surface area contributed by atoms with E-state index in [2.05, 4.69) is 36.2 Å². The van der Waals surface area contributed by atoms with Crippen molar-refractivity contribution in [1.29, 1.82) is 0 Å². The zero-order valence-corrected chi connectivity index (χ0v) is 20.8. The molecule has 34 heavy (non-hydrogen) atoms. The summed E-state index contributed by atoms with van der Waals surface area (Å²) in [7, 11) is -3.89. The lowest BCUT2D eigenvalue weighted by atomic mass is 10.1. The first-order valence-corrected chi connectivity index (χ1v) is 12.9. The molecule has 3 aromatic rings. The lowest BCUT2D eigenvalue weighted by Gasteiger charge is -2.21. The summed E-state index contributed by atoms with van der Waals surface area (Å²) in [5, 5.41) is 2.84. The third kappa shape index (κ3) is 7.03. The normalized spacial score (nSPS) is 11.8. The van der Waals surface area contributed by atoms with E-state index >= 15 is 0 Å². The molecule has 2 aromatic carbocycles. The Labute approximate surface area is 202 Å². The quantitative estimate of drug-likeness (QED) is 0.422. The highest BCUT2D eigenvalue weighted by Crippen LogP contribution is 2.19. The summed E-state index contributed by atoms with van der Waals surface area (Å²) in [6.07, 6.45) is 1.48. The summed E-state index contributed by atoms with van der Waals surface area (Å²) in [5.41, 5.74) is 3.13. The first kappa shape index (κ1) is 25.7. The third-order valence-electron chi connectivity index (χ3n) is 5.70. The first-order valence-electron chi connectivity index (χ1n) is 11.5. The number of carbonyl (C=O) groups is 1. The molecule has 1 heterocycles. The molecule has 182 valence electrons. The molecule has 0 radical (unpaired) electrons. The summed E-state index contributed by atoms with van der Waals surface area (Å²) >= 11 is 0. The number of nitrogens with zero attached hydrogens (tertiary/aromatic N) is 2. The smallest absolute Gasteiger partial charge is 0.243 e. The van der Waals surface area contributed by atoms with E-state index in [1.54, 1.807) is 36.4 Å². The highest BCUT2D eigenvalue weighted by Gasteiger charge is 2.27. The lowest BCUT2D eigenvalue weighted by Crippen LogP contribution is -2.40. The SMILES string of the molecule is CCN(CC)Cc1ccc(CNC(=O)CN(Cc2ccco2)S(=O)(=O)c2ccc(C)cc2)cc1. The van der Waals surface area contributed by atoms with Crippen molar-refractivity contribution < 1.29 is 17.6 Å². The Morgan fingerprint density at radius 1 is 0.912 bits per heavy atom. The van der Waals surface area contributed by atoms with Crippen molar-refractivity contribution >= 4 is 15.9 Å². The van der Waals surface area contributed by atoms with E-state index in [1.165, 1.54) is 11.8 Å². The molecule has 8 heteroatoms. The van der Waals surface area contributed by atoms with E-state index in [0.29, 0.717) is 12.3 Å². The number of benzene rings is 2. The van der Waals surface area contributed by atoms with Gasteiger partial charge in [-0.3, -0.25) is 9.69 Å². The first-order chi connectivity index (χ1) is 16.3. The van der Waals surface area contributed by atoms with Crippen molar-refractivity contribution in [1.82, 2.24) is 14.5 Å². The number of sulfonamides is 1. The Hall–Kier alpha value is -2.94. The van der Waals surface area contributed by atoms with Crippen molar-refractivity contribution in [2.75, 3.05) is 19.6 Å². The van der Waals surface area contributed by atoms with Crippen LogP contribution in [0, 0.1) is 6.92 Å². The van der Waals surface area contributed by atoms with Crippen LogP contribution in [-0.4, -0.2) is 43.2 Å². The number of carbonyl (C=O) groups excluding carboxylic acids is 1. The number of rotatable bonds is 12. The molecule has 0 aliphatic carbocycles. The van der Waals surface area contributed by atoms with Crippen LogP contribution in [0.4, 0.5) is 0 Å². The van der Waals surface area contributed by atoms with E-state index in [1.807, 2.05) is 19.1 Å². The maximum absolute atomic E-state index is 13.3. The summed E-state index contributed by atoms with van der Waals surface area (Å²) < 4.78 is 33.0. The van der Waals surface area contributed by atoms with Gasteiger partial charge >= 0.3 is 0 Å². The second kappa shape index (κ2) is 12.0. The minimum absolute atomic E-state index is 0.0311. The maximum Gasteiger partial charge on any atom is 0.243 e. The van der Waals surface area contributed by atoms with Crippen molar-refractivity contribution in [3.63, 3.8) is 0 Å². The van der Waals surface area contributed by atoms with E-state index in [0.717, 1.165) is 35.1 Å². The van der Waals surface area contributed by atoms with Gasteiger partial charge in [-0.1, -0.05) is 55.8 Å². The van der Waals surface area contributed by atoms with Gasteiger partial charge in [0.15, 0.2) is 0 Å². The van der Waals surface area contributed by atoms with Gasteiger partial charge in [-0.25, -0.2) is 8.42 Å². The predicted molar refractivity (Wildman–Crippen MR) is 132 cm³/mol. The molecule has 0 bridgehead atoms. The summed E-state index contributed by atoms with van der Waals surface area (Å²) in [5.74, 6) is 0.0849. The molecule has 0 aliphatic heterocycles. The Bertz CT molecular complexity index is 1140. The van der Waals surface area contributed by atoms with Crippen molar-refractivity contribution in [3.05, 3.63) is 89.4 Å². The molecular formula is C26H33N3O4S. The van der Waals surface area contributed by atoms with Gasteiger partial charge in [0.25, 0.3) is 0 Å². The molecule has 0 fully saturated rings. The number of amides is 1. The second-order valence-corrected chi connectivity index (χ2v) is 10.2. The minimum atomic E-state index is -3.89. The maximum atomic E-state index is 13.3. The molecule has 0 unspecified atom stereocenters. The van der Waals surface area contributed by atoms with Crippen LogP contribution in [0.25, 0.3) is 0 Å². The van der Waals surface area contributed by atoms with E-state index < -0.39 is 10.0 Å². The average Bonchev–Trinajstić information content (AvgIpc) is 3.35. The molecule has 0 aliphatic rings. The third-order valence-corrected chi connectivity index (χ3v) is 7.51. The van der Waals surface area contributed by atoms with E-state index in [9.17, 15) is 13.2 Å². The predicted octanol–water partition coefficient (Wildman–Crippen LogP) is 3.94. The number of aryl methyl sites for hydroxylation is 1. The Kier molecular flexibility index (Phi) is 9.04. The van der Waals surface area contributed by atoms with Crippen LogP contribution in [0.1, 0.15) is 36.3 Å². The van der Waals surface area contributed by atoms with Crippen LogP contribution < -0.4 is 5.32 Å². The van der Waals surface area contributed by atoms with Crippen LogP contribution in [0.15, 0.2) is 76.2 Å². The Morgan fingerprint density at radius 3 is 2.15 bits per heavy atom. The fraction of sp³-hybridized carbons (Fsp3) is 0.346. The molecule has 0 saturated heterocycles. The van der Waals surface area contributed by atoms with Crippen LogP contribution >= 0.6 is 0 Å². The monoisotopic (exact) mass is 483 g/mol. The number of hydrogen-bond acceptors (Lipinski definition) is 5. The summed E-state index contributed by atoms with van der Waals surface area (Å²) in [6, 6.07) is 18.1. The topological polar surface area (TPSA) is 82.9 Å². The minimum Gasteiger partial charge on any atom is -0.468 e. The van der Waals surface area contributed by atoms with Crippen molar-refractivity contribution in [2.45, 2.75) is 45.3 Å². The zero-order valence-electron chi connectivity index (χ0n) is 20.0. The molecule has 0 atom stereocenters. The van der Waals surface area contributed by atoms with Gasteiger partial charge in [-0.05, 0) is 55.4 Å². The van der Waals surface area contributed by atoms with Gasteiger partial charge in [0.2, 0.25) is 15.9 Å². The van der Waals surface area contributed by atoms with Gasteiger partial charge in [-0.2, -0.15) is 4.31 Å². The van der Waals surface area contributed by atoms with E-state index in [-0.39, 0.29) is 23.9 Å². The Balaban J connectivity index is 1.65. The number of hydrogen-bond donors (Lipinski definition) is 1. The van der Waals surface area contributed by atoms with Gasteiger partial charge in [-0.15, -0.1) is 0 Å². The fourth-order valence-corrected chi connectivity index (χ4v) is 4.91. The van der Waals surface area contributed by atoms with Gasteiger partial charge in [0.1, 0.15) is 5.76 Å². The summed E-state index contributed by atoms with van der Waals surface area (Å²) in [6.45, 7) is 9.03. The Morgan fingerprint density at radius 2 is 1.56 bits per heavy atom. The lowest BCUT2D eigenvalue weighted by molar-refractivity contribution is -0.121. The second-order valence-electron chi connectivity index (χ2n) is 8.22. The van der Waals surface area contributed by atoms with E-state index in [4.69, 9.17) is 4.42 Å². The fourth-order valence-electron chi connectivity index (χ4n) is 3.55. The van der Waals surface area contributed by atoms with Crippen molar-refractivity contribution in [3.8, 4) is 0 Å². The van der Waals surface area contributed by atoms with Crippen LogP contribution in [0.5, 0.6) is 0 Å². The van der Waals surface area contributed by atoms with Gasteiger partial charge in [0.05, 0.1) is 24.2 Å². The molecule has 3 rings (SSSR count). The molecule has 7 nitrogen and oxygen atoms in total. The largest absolute Gasteiger partial charge is 0.468 e. The molecule has 1 N–H and O–H groups in total. The highest BCUT2D eigenvalue weighted by molar-refractivity contribution is 7.89. The standard InChI is InChI=1S/C26H33N3O4S/c1-4-28(5-2)18-23-12-10-22(11-13-23)17-27-26(30)20-29(19-24-7-6-16-33-24)34(31,32)25-14-8-21(3)9-15-25/h6-16H,4-5,17-20H2,1-3H3,(H,27,30). The molecular weight excluding hydrogens is 450 g/mol. The highest BCUT2D eigenvalue weighted by atomic mass is 32.2. The van der Waals surface area contributed by atoms with Gasteiger partial charge in [0, 0.05) is 13.1 Å². The van der Waals surface area contributed by atoms with Crippen LogP contribution in [0.3, 0.4) is 0 Å². The number of furan rings is 1. The van der Waals surface area contributed by atoms with Gasteiger partial charge < -0.3 is 9.73 Å². The number of nitrogens with one attached hydrogen (secondary N) is 1. The zero-order chi connectivity index (χ0) is 24.6. The molecule has 1 amide bonds. The molecule has 0 spiro atoms. The van der Waals surface area contributed by atoms with Crippen LogP contribution in [-0.2, 0) is 34.5 Å². The average molecular weight is 484 g/mol. The van der Waals surface area contributed by atoms with Crippen molar-refractivity contribution in [2.24, 2.45) is 0 Å². The summed E-state index contributed by atoms with van der Waals surface area (Å²) in [4.78, 5) is 15.2. The molecule has 1 aromatic heterocycles. The van der Waals surface area contributed by atoms with Crippen LogP contribution in [0.2, 0.25) is 0 Å². The molecule has 0 saturated carbocycles.